The van der Waals surface area contributed by atoms with Crippen LogP contribution >= 0.6 is 0 Å². The van der Waals surface area contributed by atoms with Gasteiger partial charge in [-0.15, -0.1) is 0 Å². The average molecular weight is 223 g/mol. The van der Waals surface area contributed by atoms with E-state index in [1.165, 1.54) is 12.1 Å². The first-order valence-electron chi connectivity index (χ1n) is 5.78. The minimum atomic E-state index is -0.230. The molecule has 3 N–H and O–H groups in total. The molecule has 0 aromatic heterocycles. The molecular weight excluding hydrogens is 205 g/mol. The molecule has 1 aromatic carbocycles. The Morgan fingerprint density at radius 3 is 2.31 bits per heavy atom. The number of hydrogen-bond donors (Lipinski definition) is 2. The third-order valence-corrected chi connectivity index (χ3v) is 3.91. The summed E-state index contributed by atoms with van der Waals surface area (Å²) in [7, 11) is 0. The van der Waals surface area contributed by atoms with E-state index in [-0.39, 0.29) is 23.8 Å². The highest BCUT2D eigenvalue weighted by atomic mass is 19.1. The van der Waals surface area contributed by atoms with Crippen molar-refractivity contribution in [3.8, 4) is 0 Å². The molecule has 1 aliphatic rings. The van der Waals surface area contributed by atoms with Gasteiger partial charge < -0.3 is 10.8 Å². The second-order valence-corrected chi connectivity index (χ2v) is 4.71. The van der Waals surface area contributed by atoms with Gasteiger partial charge in [0.2, 0.25) is 0 Å². The molecule has 1 atom stereocenters. The molecule has 0 amide bonds. The lowest BCUT2D eigenvalue weighted by Gasteiger charge is -2.46. The van der Waals surface area contributed by atoms with Crippen molar-refractivity contribution in [1.29, 1.82) is 0 Å². The van der Waals surface area contributed by atoms with Gasteiger partial charge in [0.25, 0.3) is 0 Å². The Hall–Kier alpha value is -0.930. The van der Waals surface area contributed by atoms with Crippen molar-refractivity contribution in [3.05, 3.63) is 35.6 Å². The van der Waals surface area contributed by atoms with Gasteiger partial charge in [-0.3, -0.25) is 0 Å². The van der Waals surface area contributed by atoms with Gasteiger partial charge in [-0.05, 0) is 37.1 Å². The SMILES string of the molecule is NC[C@H](c1ccc(F)cc1)C1(CO)CCC1. The van der Waals surface area contributed by atoms with Crippen molar-refractivity contribution in [2.24, 2.45) is 11.1 Å². The largest absolute Gasteiger partial charge is 0.396 e. The zero-order valence-corrected chi connectivity index (χ0v) is 9.32. The van der Waals surface area contributed by atoms with E-state index in [1.807, 2.05) is 0 Å². The molecule has 1 aromatic rings. The van der Waals surface area contributed by atoms with E-state index >= 15 is 0 Å². The van der Waals surface area contributed by atoms with Crippen molar-refractivity contribution >= 4 is 0 Å². The lowest BCUT2D eigenvalue weighted by Crippen LogP contribution is -2.42. The number of aliphatic hydroxyl groups is 1. The van der Waals surface area contributed by atoms with Crippen LogP contribution in [0.4, 0.5) is 4.39 Å². The van der Waals surface area contributed by atoms with Gasteiger partial charge in [-0.2, -0.15) is 0 Å². The van der Waals surface area contributed by atoms with Crippen LogP contribution in [0.5, 0.6) is 0 Å². The van der Waals surface area contributed by atoms with E-state index in [4.69, 9.17) is 5.73 Å². The first kappa shape index (κ1) is 11.6. The van der Waals surface area contributed by atoms with Crippen LogP contribution in [-0.2, 0) is 0 Å². The Morgan fingerprint density at radius 2 is 1.94 bits per heavy atom. The number of hydrogen-bond acceptors (Lipinski definition) is 2. The number of benzene rings is 1. The molecular formula is C13H18FNO. The Kier molecular flexibility index (Phi) is 3.26. The second-order valence-electron chi connectivity index (χ2n) is 4.71. The van der Waals surface area contributed by atoms with Gasteiger partial charge in [0, 0.05) is 17.9 Å². The van der Waals surface area contributed by atoms with Crippen LogP contribution in [0.1, 0.15) is 30.7 Å². The molecule has 1 fully saturated rings. The van der Waals surface area contributed by atoms with E-state index in [2.05, 4.69) is 0 Å². The molecule has 2 nitrogen and oxygen atoms in total. The number of nitrogens with two attached hydrogens (primary N) is 1. The molecule has 0 unspecified atom stereocenters. The third kappa shape index (κ3) is 1.85. The maximum absolute atomic E-state index is 12.8. The summed E-state index contributed by atoms with van der Waals surface area (Å²) in [6.45, 7) is 0.679. The summed E-state index contributed by atoms with van der Waals surface area (Å²) >= 11 is 0. The summed E-state index contributed by atoms with van der Waals surface area (Å²) in [4.78, 5) is 0. The summed E-state index contributed by atoms with van der Waals surface area (Å²) in [6.07, 6.45) is 3.18. The van der Waals surface area contributed by atoms with Crippen LogP contribution in [0.2, 0.25) is 0 Å². The normalized spacial score (nSPS) is 20.2. The maximum atomic E-state index is 12.8. The molecule has 88 valence electrons. The van der Waals surface area contributed by atoms with Crippen molar-refractivity contribution < 1.29 is 9.50 Å². The first-order chi connectivity index (χ1) is 7.72. The average Bonchev–Trinajstić information content (AvgIpc) is 2.25. The lowest BCUT2D eigenvalue weighted by atomic mass is 9.60. The van der Waals surface area contributed by atoms with Crippen LogP contribution in [-0.4, -0.2) is 18.3 Å². The standard InChI is InChI=1S/C13H18FNO/c14-11-4-2-10(3-5-11)12(8-15)13(9-16)6-1-7-13/h2-5,12,16H,1,6-9,15H2/t12-/m1/s1. The number of halogens is 1. The van der Waals surface area contributed by atoms with E-state index in [1.54, 1.807) is 12.1 Å². The monoisotopic (exact) mass is 223 g/mol. The quantitative estimate of drug-likeness (QED) is 0.820. The topological polar surface area (TPSA) is 46.2 Å². The smallest absolute Gasteiger partial charge is 0.123 e. The lowest BCUT2D eigenvalue weighted by molar-refractivity contribution is 0.0192. The molecule has 0 heterocycles. The molecule has 2 rings (SSSR count). The fourth-order valence-electron chi connectivity index (χ4n) is 2.68. The Bertz CT molecular complexity index is 340. The zero-order chi connectivity index (χ0) is 11.6. The summed E-state index contributed by atoms with van der Waals surface area (Å²) in [5.41, 5.74) is 6.79. The van der Waals surface area contributed by atoms with Gasteiger partial charge >= 0.3 is 0 Å². The molecule has 0 bridgehead atoms. The third-order valence-electron chi connectivity index (χ3n) is 3.91. The number of rotatable bonds is 4. The van der Waals surface area contributed by atoms with Crippen molar-refractivity contribution in [2.45, 2.75) is 25.2 Å². The first-order valence-corrected chi connectivity index (χ1v) is 5.78. The van der Waals surface area contributed by atoms with Crippen LogP contribution in [0.15, 0.2) is 24.3 Å². The summed E-state index contributed by atoms with van der Waals surface area (Å²) < 4.78 is 12.8. The van der Waals surface area contributed by atoms with Crippen molar-refractivity contribution in [3.63, 3.8) is 0 Å². The summed E-state index contributed by atoms with van der Waals surface area (Å²) in [5.74, 6) is -0.0852. The number of aliphatic hydroxyl groups excluding tert-OH is 1. The van der Waals surface area contributed by atoms with Crippen molar-refractivity contribution in [2.75, 3.05) is 13.2 Å². The zero-order valence-electron chi connectivity index (χ0n) is 9.32. The van der Waals surface area contributed by atoms with Gasteiger partial charge in [-0.1, -0.05) is 18.6 Å². The van der Waals surface area contributed by atoms with Crippen LogP contribution < -0.4 is 5.73 Å². The van der Waals surface area contributed by atoms with Crippen LogP contribution in [0.25, 0.3) is 0 Å². The maximum Gasteiger partial charge on any atom is 0.123 e. The van der Waals surface area contributed by atoms with Crippen LogP contribution in [0.3, 0.4) is 0 Å². The fraction of sp³-hybridized carbons (Fsp3) is 0.538. The van der Waals surface area contributed by atoms with Gasteiger partial charge in [0.05, 0.1) is 0 Å². The van der Waals surface area contributed by atoms with Crippen LogP contribution in [0, 0.1) is 11.2 Å². The highest BCUT2D eigenvalue weighted by molar-refractivity contribution is 5.24. The Morgan fingerprint density at radius 1 is 1.31 bits per heavy atom. The fourth-order valence-corrected chi connectivity index (χ4v) is 2.68. The minimum Gasteiger partial charge on any atom is -0.396 e. The summed E-state index contributed by atoms with van der Waals surface area (Å²) in [5, 5.41) is 9.52. The Labute approximate surface area is 95.3 Å². The molecule has 3 heteroatoms. The minimum absolute atomic E-state index is 0.0629. The summed E-state index contributed by atoms with van der Waals surface area (Å²) in [6, 6.07) is 6.48. The molecule has 0 spiro atoms. The van der Waals surface area contributed by atoms with Gasteiger partial charge in [0.1, 0.15) is 5.82 Å². The van der Waals surface area contributed by atoms with Gasteiger partial charge in [-0.25, -0.2) is 4.39 Å². The highest BCUT2D eigenvalue weighted by Gasteiger charge is 2.43. The van der Waals surface area contributed by atoms with E-state index < -0.39 is 0 Å². The predicted octanol–water partition coefficient (Wildman–Crippen LogP) is 2.03. The highest BCUT2D eigenvalue weighted by Crippen LogP contribution is 2.50. The second kappa shape index (κ2) is 4.52. The van der Waals surface area contributed by atoms with E-state index in [0.29, 0.717) is 6.54 Å². The van der Waals surface area contributed by atoms with Gasteiger partial charge in [0.15, 0.2) is 0 Å². The molecule has 1 saturated carbocycles. The molecule has 0 aliphatic heterocycles. The Balaban J connectivity index is 2.25. The molecule has 1 aliphatic carbocycles. The molecule has 0 saturated heterocycles. The van der Waals surface area contributed by atoms with E-state index in [9.17, 15) is 9.50 Å². The molecule has 16 heavy (non-hydrogen) atoms. The van der Waals surface area contributed by atoms with Crippen molar-refractivity contribution in [1.82, 2.24) is 0 Å². The van der Waals surface area contributed by atoms with E-state index in [0.717, 1.165) is 24.8 Å². The molecule has 0 radical (unpaired) electrons. The predicted molar refractivity (Wildman–Crippen MR) is 61.6 cm³/mol.